The van der Waals surface area contributed by atoms with Crippen LogP contribution in [-0.4, -0.2) is 27.7 Å². The van der Waals surface area contributed by atoms with Gasteiger partial charge in [-0.3, -0.25) is 9.48 Å². The first-order chi connectivity index (χ1) is 8.38. The van der Waals surface area contributed by atoms with Gasteiger partial charge in [-0.25, -0.2) is 4.98 Å². The Morgan fingerprint density at radius 3 is 2.76 bits per heavy atom. The second kappa shape index (κ2) is 5.79. The van der Waals surface area contributed by atoms with Crippen LogP contribution in [0.3, 0.4) is 0 Å². The van der Waals surface area contributed by atoms with Crippen molar-refractivity contribution in [3.63, 3.8) is 0 Å². The van der Waals surface area contributed by atoms with Gasteiger partial charge >= 0.3 is 0 Å². The van der Waals surface area contributed by atoms with Crippen molar-refractivity contribution in [1.29, 1.82) is 0 Å². The lowest BCUT2D eigenvalue weighted by Gasteiger charge is -2.05. The zero-order valence-electron chi connectivity index (χ0n) is 9.32. The van der Waals surface area contributed by atoms with Gasteiger partial charge in [0.2, 0.25) is 0 Å². The topological polar surface area (TPSA) is 57.0 Å². The molecule has 1 aromatic heterocycles. The van der Waals surface area contributed by atoms with E-state index in [1.807, 2.05) is 0 Å². The van der Waals surface area contributed by atoms with Crippen LogP contribution in [0.25, 0.3) is 0 Å². The molecular formula is C12H13N3O2. The highest BCUT2D eigenvalue weighted by Crippen LogP contribution is 2.11. The van der Waals surface area contributed by atoms with E-state index in [0.717, 1.165) is 25.0 Å². The molecule has 0 bridgehead atoms. The summed E-state index contributed by atoms with van der Waals surface area (Å²) in [7, 11) is 0. The lowest BCUT2D eigenvalue weighted by atomic mass is 10.2. The lowest BCUT2D eigenvalue weighted by molar-refractivity contribution is 0.112. The average Bonchev–Trinajstić information content (AvgIpc) is 2.88. The summed E-state index contributed by atoms with van der Waals surface area (Å²) in [5.74, 6) is 0.772. The number of nitrogens with zero attached hydrogens (tertiary/aromatic N) is 3. The second-order valence-electron chi connectivity index (χ2n) is 3.55. The van der Waals surface area contributed by atoms with Crippen molar-refractivity contribution >= 4 is 6.29 Å². The van der Waals surface area contributed by atoms with Crippen molar-refractivity contribution in [3.05, 3.63) is 42.5 Å². The number of ether oxygens (including phenoxy) is 1. The molecule has 0 aliphatic carbocycles. The molecule has 0 aliphatic rings. The van der Waals surface area contributed by atoms with Crippen LogP contribution in [0, 0.1) is 0 Å². The number of hydrogen-bond acceptors (Lipinski definition) is 4. The fourth-order valence-corrected chi connectivity index (χ4v) is 1.41. The summed E-state index contributed by atoms with van der Waals surface area (Å²) in [6, 6.07) is 7.05. The molecule has 2 rings (SSSR count). The molecule has 1 aromatic carbocycles. The molecule has 0 N–H and O–H groups in total. The van der Waals surface area contributed by atoms with Crippen molar-refractivity contribution in [3.8, 4) is 5.75 Å². The Kier molecular flexibility index (Phi) is 3.85. The van der Waals surface area contributed by atoms with Crippen LogP contribution >= 0.6 is 0 Å². The van der Waals surface area contributed by atoms with E-state index in [0.29, 0.717) is 12.2 Å². The first-order valence-corrected chi connectivity index (χ1v) is 5.39. The van der Waals surface area contributed by atoms with Crippen LogP contribution in [0.15, 0.2) is 36.9 Å². The van der Waals surface area contributed by atoms with Crippen LogP contribution in [0.4, 0.5) is 0 Å². The summed E-state index contributed by atoms with van der Waals surface area (Å²) in [5.41, 5.74) is 0.653. The first kappa shape index (κ1) is 11.3. The average molecular weight is 231 g/mol. The Balaban J connectivity index is 1.72. The molecule has 0 saturated heterocycles. The molecule has 0 fully saturated rings. The number of carbonyl (C=O) groups is 1. The molecule has 0 saturated carbocycles. The maximum absolute atomic E-state index is 10.5. The van der Waals surface area contributed by atoms with Gasteiger partial charge in [-0.05, 0) is 24.3 Å². The summed E-state index contributed by atoms with van der Waals surface area (Å²) in [5, 5.41) is 3.99. The lowest BCUT2D eigenvalue weighted by Crippen LogP contribution is -2.04. The number of benzene rings is 1. The van der Waals surface area contributed by atoms with E-state index in [4.69, 9.17) is 4.74 Å². The third-order valence-electron chi connectivity index (χ3n) is 2.28. The third kappa shape index (κ3) is 3.41. The number of carbonyl (C=O) groups excluding carboxylic acids is 1. The maximum Gasteiger partial charge on any atom is 0.150 e. The third-order valence-corrected chi connectivity index (χ3v) is 2.28. The van der Waals surface area contributed by atoms with Gasteiger partial charge in [-0.15, -0.1) is 0 Å². The van der Waals surface area contributed by atoms with Crippen LogP contribution in [-0.2, 0) is 6.54 Å². The van der Waals surface area contributed by atoms with E-state index < -0.39 is 0 Å². The zero-order valence-corrected chi connectivity index (χ0v) is 9.32. The van der Waals surface area contributed by atoms with E-state index >= 15 is 0 Å². The van der Waals surface area contributed by atoms with Crippen molar-refractivity contribution < 1.29 is 9.53 Å². The Bertz CT molecular complexity index is 451. The number of aromatic nitrogens is 3. The molecule has 0 atom stereocenters. The summed E-state index contributed by atoms with van der Waals surface area (Å²) in [6.07, 6.45) is 4.87. The van der Waals surface area contributed by atoms with Gasteiger partial charge in [0.25, 0.3) is 0 Å². The van der Waals surface area contributed by atoms with Gasteiger partial charge in [0.15, 0.2) is 0 Å². The summed E-state index contributed by atoms with van der Waals surface area (Å²) < 4.78 is 7.29. The van der Waals surface area contributed by atoms with Crippen LogP contribution in [0.1, 0.15) is 16.8 Å². The number of aldehydes is 1. The minimum absolute atomic E-state index is 0.611. The maximum atomic E-state index is 10.5. The molecule has 1 heterocycles. The second-order valence-corrected chi connectivity index (χ2v) is 3.55. The van der Waals surface area contributed by atoms with Crippen LogP contribution in [0.5, 0.6) is 5.75 Å². The smallest absolute Gasteiger partial charge is 0.150 e. The summed E-state index contributed by atoms with van der Waals surface area (Å²) in [4.78, 5) is 14.3. The van der Waals surface area contributed by atoms with E-state index in [-0.39, 0.29) is 0 Å². The molecular weight excluding hydrogens is 218 g/mol. The van der Waals surface area contributed by atoms with E-state index in [9.17, 15) is 4.79 Å². The van der Waals surface area contributed by atoms with E-state index in [2.05, 4.69) is 10.1 Å². The first-order valence-electron chi connectivity index (χ1n) is 5.39. The van der Waals surface area contributed by atoms with Gasteiger partial charge in [-0.2, -0.15) is 5.10 Å². The molecule has 0 aliphatic heterocycles. The van der Waals surface area contributed by atoms with E-state index in [1.54, 1.807) is 35.3 Å². The molecule has 2 aromatic rings. The molecule has 5 nitrogen and oxygen atoms in total. The summed E-state index contributed by atoms with van der Waals surface area (Å²) >= 11 is 0. The molecule has 0 amide bonds. The Morgan fingerprint density at radius 2 is 2.12 bits per heavy atom. The molecule has 17 heavy (non-hydrogen) atoms. The number of aryl methyl sites for hydroxylation is 1. The monoisotopic (exact) mass is 231 g/mol. The Morgan fingerprint density at radius 1 is 1.29 bits per heavy atom. The molecule has 0 radical (unpaired) electrons. The van der Waals surface area contributed by atoms with Crippen molar-refractivity contribution in [1.82, 2.24) is 14.8 Å². The quantitative estimate of drug-likeness (QED) is 0.559. The van der Waals surface area contributed by atoms with Gasteiger partial charge < -0.3 is 4.74 Å². The highest BCUT2D eigenvalue weighted by molar-refractivity contribution is 5.74. The van der Waals surface area contributed by atoms with Gasteiger partial charge in [0, 0.05) is 18.5 Å². The summed E-state index contributed by atoms with van der Waals surface area (Å²) in [6.45, 7) is 1.40. The fourth-order valence-electron chi connectivity index (χ4n) is 1.41. The fraction of sp³-hybridized carbons (Fsp3) is 0.250. The van der Waals surface area contributed by atoms with Crippen molar-refractivity contribution in [2.75, 3.05) is 6.61 Å². The minimum atomic E-state index is 0.611. The number of rotatable bonds is 6. The minimum Gasteiger partial charge on any atom is -0.494 e. The normalized spacial score (nSPS) is 10.1. The zero-order chi connectivity index (χ0) is 11.9. The van der Waals surface area contributed by atoms with Gasteiger partial charge in [0.1, 0.15) is 24.7 Å². The predicted molar refractivity (Wildman–Crippen MR) is 62.0 cm³/mol. The van der Waals surface area contributed by atoms with E-state index in [1.165, 1.54) is 6.33 Å². The molecule has 0 spiro atoms. The predicted octanol–water partition coefficient (Wildman–Crippen LogP) is 1.56. The standard InChI is InChI=1S/C12H13N3O2/c16-8-11-2-4-12(5-3-11)17-7-1-6-15-10-13-9-14-15/h2-5,8-10H,1,6-7H2. The number of hydrogen-bond donors (Lipinski definition) is 0. The molecule has 5 heteroatoms. The van der Waals surface area contributed by atoms with Gasteiger partial charge in [-0.1, -0.05) is 0 Å². The Hall–Kier alpha value is -2.17. The Labute approximate surface area is 99.1 Å². The van der Waals surface area contributed by atoms with Crippen molar-refractivity contribution in [2.24, 2.45) is 0 Å². The van der Waals surface area contributed by atoms with Crippen LogP contribution in [0.2, 0.25) is 0 Å². The van der Waals surface area contributed by atoms with Crippen molar-refractivity contribution in [2.45, 2.75) is 13.0 Å². The molecule has 0 unspecified atom stereocenters. The van der Waals surface area contributed by atoms with Crippen LogP contribution < -0.4 is 4.74 Å². The highest BCUT2D eigenvalue weighted by Gasteiger charge is 1.95. The SMILES string of the molecule is O=Cc1ccc(OCCCn2cncn2)cc1. The van der Waals surface area contributed by atoms with Gasteiger partial charge in [0.05, 0.1) is 6.61 Å². The largest absolute Gasteiger partial charge is 0.494 e. The molecule has 88 valence electrons. The highest BCUT2D eigenvalue weighted by atomic mass is 16.5.